The third-order valence-corrected chi connectivity index (χ3v) is 7.76. The maximum atomic E-state index is 14.2. The Kier molecular flexibility index (Phi) is 6.50. The SMILES string of the molecule is COC1[C@H](C)CC2(Cc3ccc(C#N)cc3[C@]23N=C(N)N(CCCOCCO)C3=O)C[C@@H]1C. The number of carbonyl (C=O) groups is 1. The smallest absolute Gasteiger partial charge is 0.262 e. The number of fused-ring (bicyclic) bond motifs is 3. The Balaban J connectivity index is 1.75. The van der Waals surface area contributed by atoms with E-state index in [0.29, 0.717) is 25.1 Å². The average Bonchev–Trinajstić information content (AvgIpc) is 3.19. The van der Waals surface area contributed by atoms with Crippen molar-refractivity contribution >= 4 is 11.9 Å². The predicted molar refractivity (Wildman–Crippen MR) is 123 cm³/mol. The molecule has 3 aliphatic rings. The van der Waals surface area contributed by atoms with Crippen molar-refractivity contribution in [3.05, 3.63) is 34.9 Å². The second-order valence-electron chi connectivity index (χ2n) is 9.83. The third-order valence-electron chi connectivity index (χ3n) is 7.76. The summed E-state index contributed by atoms with van der Waals surface area (Å²) >= 11 is 0. The molecule has 1 aromatic rings. The van der Waals surface area contributed by atoms with Gasteiger partial charge in [0.05, 0.1) is 31.0 Å². The molecule has 2 spiro atoms. The van der Waals surface area contributed by atoms with E-state index in [0.717, 1.165) is 30.4 Å². The molecule has 8 heteroatoms. The number of nitrogens with zero attached hydrogens (tertiary/aromatic N) is 3. The molecule has 2 aliphatic carbocycles. The number of nitriles is 1. The standard InChI is InChI=1S/C25H34N4O4/c1-16-12-24(13-17(2)21(16)32-3)14-19-6-5-18(15-26)11-20(19)25(24)22(31)29(23(27)28-25)7-4-9-33-10-8-30/h5-6,11,16-17,21,30H,4,7-10,12-14H2,1-3H3,(H2,27,28)/t16-,17+,21?,24?,25-/m1/s1. The molecule has 1 amide bonds. The van der Waals surface area contributed by atoms with Crippen LogP contribution < -0.4 is 5.73 Å². The van der Waals surface area contributed by atoms with Crippen molar-refractivity contribution in [1.82, 2.24) is 4.90 Å². The topological polar surface area (TPSA) is 121 Å². The number of hydrogen-bond acceptors (Lipinski definition) is 7. The Morgan fingerprint density at radius 3 is 2.67 bits per heavy atom. The van der Waals surface area contributed by atoms with Crippen LogP contribution in [-0.4, -0.2) is 61.5 Å². The van der Waals surface area contributed by atoms with Crippen LogP contribution in [0.1, 0.15) is 49.8 Å². The first kappa shape index (κ1) is 23.7. The van der Waals surface area contributed by atoms with E-state index in [9.17, 15) is 10.1 Å². The minimum absolute atomic E-state index is 0.0330. The van der Waals surface area contributed by atoms with Crippen molar-refractivity contribution < 1.29 is 19.4 Å². The first-order valence-corrected chi connectivity index (χ1v) is 11.8. The van der Waals surface area contributed by atoms with Crippen LogP contribution in [-0.2, 0) is 26.2 Å². The van der Waals surface area contributed by atoms with Gasteiger partial charge in [-0.3, -0.25) is 9.69 Å². The Bertz CT molecular complexity index is 975. The van der Waals surface area contributed by atoms with Crippen molar-refractivity contribution in [2.45, 2.75) is 51.2 Å². The molecule has 8 nitrogen and oxygen atoms in total. The van der Waals surface area contributed by atoms with Gasteiger partial charge in [-0.15, -0.1) is 0 Å². The van der Waals surface area contributed by atoms with Crippen LogP contribution in [0.4, 0.5) is 0 Å². The van der Waals surface area contributed by atoms with Gasteiger partial charge < -0.3 is 20.3 Å². The number of hydrogen-bond donors (Lipinski definition) is 2. The quantitative estimate of drug-likeness (QED) is 0.607. The zero-order valence-corrected chi connectivity index (χ0v) is 19.7. The molecule has 5 atom stereocenters. The molecular weight excluding hydrogens is 420 g/mol. The summed E-state index contributed by atoms with van der Waals surface area (Å²) in [6.45, 7) is 5.43. The summed E-state index contributed by atoms with van der Waals surface area (Å²) in [5, 5.41) is 18.5. The number of aliphatic hydroxyl groups is 1. The molecule has 1 aromatic carbocycles. The van der Waals surface area contributed by atoms with E-state index >= 15 is 0 Å². The van der Waals surface area contributed by atoms with Crippen LogP contribution >= 0.6 is 0 Å². The number of ether oxygens (including phenoxy) is 2. The highest BCUT2D eigenvalue weighted by Crippen LogP contribution is 2.63. The van der Waals surface area contributed by atoms with Crippen LogP contribution in [0.5, 0.6) is 0 Å². The van der Waals surface area contributed by atoms with Crippen molar-refractivity contribution in [3.8, 4) is 6.07 Å². The monoisotopic (exact) mass is 454 g/mol. The number of aliphatic hydroxyl groups excluding tert-OH is 1. The lowest BCUT2D eigenvalue weighted by Gasteiger charge is -2.50. The second kappa shape index (κ2) is 9.05. The van der Waals surface area contributed by atoms with Crippen LogP contribution in [0.25, 0.3) is 0 Å². The number of guanidine groups is 1. The Morgan fingerprint density at radius 1 is 1.30 bits per heavy atom. The van der Waals surface area contributed by atoms with Gasteiger partial charge in [0.15, 0.2) is 11.5 Å². The maximum absolute atomic E-state index is 14.2. The summed E-state index contributed by atoms with van der Waals surface area (Å²) in [5.41, 5.74) is 7.27. The largest absolute Gasteiger partial charge is 0.394 e. The molecule has 1 aliphatic heterocycles. The van der Waals surface area contributed by atoms with E-state index in [1.54, 1.807) is 12.0 Å². The number of carbonyl (C=O) groups excluding carboxylic acids is 1. The lowest BCUT2D eigenvalue weighted by atomic mass is 9.56. The van der Waals surface area contributed by atoms with Crippen molar-refractivity contribution in [2.24, 2.45) is 28.0 Å². The first-order valence-electron chi connectivity index (χ1n) is 11.8. The third kappa shape index (κ3) is 3.63. The van der Waals surface area contributed by atoms with Gasteiger partial charge in [0.2, 0.25) is 0 Å². The maximum Gasteiger partial charge on any atom is 0.262 e. The fourth-order valence-corrected chi connectivity index (χ4v) is 6.74. The van der Waals surface area contributed by atoms with E-state index in [-0.39, 0.29) is 43.0 Å². The number of benzene rings is 1. The molecule has 178 valence electrons. The number of amides is 1. The Morgan fingerprint density at radius 2 is 2.03 bits per heavy atom. The summed E-state index contributed by atoms with van der Waals surface area (Å²) in [5.74, 6) is 0.633. The van der Waals surface area contributed by atoms with Gasteiger partial charge in [0.25, 0.3) is 5.91 Å². The Labute approximate surface area is 195 Å². The predicted octanol–water partition coefficient (Wildman–Crippen LogP) is 1.93. The molecular formula is C25H34N4O4. The highest BCUT2D eigenvalue weighted by Gasteiger charge is 2.68. The fraction of sp³-hybridized carbons (Fsp3) is 0.640. The molecule has 3 N–H and O–H groups in total. The lowest BCUT2D eigenvalue weighted by Crippen LogP contribution is -2.55. The second-order valence-corrected chi connectivity index (χ2v) is 9.83. The van der Waals surface area contributed by atoms with Gasteiger partial charge in [-0.1, -0.05) is 19.9 Å². The zero-order valence-electron chi connectivity index (χ0n) is 19.7. The van der Waals surface area contributed by atoms with E-state index in [2.05, 4.69) is 19.9 Å². The summed E-state index contributed by atoms with van der Waals surface area (Å²) < 4.78 is 11.2. The van der Waals surface area contributed by atoms with E-state index in [1.165, 1.54) is 0 Å². The number of rotatable bonds is 7. The number of nitrogens with two attached hydrogens (primary N) is 1. The highest BCUT2D eigenvalue weighted by atomic mass is 16.5. The number of methoxy groups -OCH3 is 1. The Hall–Kier alpha value is -2.47. The molecule has 0 aromatic heterocycles. The van der Waals surface area contributed by atoms with Gasteiger partial charge in [0, 0.05) is 25.7 Å². The molecule has 4 rings (SSSR count). The summed E-state index contributed by atoms with van der Waals surface area (Å²) in [7, 11) is 1.76. The van der Waals surface area contributed by atoms with E-state index in [1.807, 2.05) is 18.2 Å². The van der Waals surface area contributed by atoms with Crippen molar-refractivity contribution in [2.75, 3.05) is 33.5 Å². The molecule has 0 bridgehead atoms. The molecule has 33 heavy (non-hydrogen) atoms. The minimum atomic E-state index is -1.12. The van der Waals surface area contributed by atoms with E-state index in [4.69, 9.17) is 25.3 Å². The number of aliphatic imine (C=N–C) groups is 1. The molecule has 1 saturated carbocycles. The zero-order chi connectivity index (χ0) is 23.8. The van der Waals surface area contributed by atoms with Crippen LogP contribution in [0.15, 0.2) is 23.2 Å². The molecule has 1 heterocycles. The molecule has 2 unspecified atom stereocenters. The fourth-order valence-electron chi connectivity index (χ4n) is 6.74. The van der Waals surface area contributed by atoms with Crippen LogP contribution in [0, 0.1) is 28.6 Å². The highest BCUT2D eigenvalue weighted by molar-refractivity contribution is 6.08. The van der Waals surface area contributed by atoms with Gasteiger partial charge in [-0.05, 0) is 60.8 Å². The summed E-state index contributed by atoms with van der Waals surface area (Å²) in [4.78, 5) is 20.7. The van der Waals surface area contributed by atoms with Gasteiger partial charge in [0.1, 0.15) is 0 Å². The first-order chi connectivity index (χ1) is 15.8. The normalized spacial score (nSPS) is 32.9. The van der Waals surface area contributed by atoms with Crippen molar-refractivity contribution in [1.29, 1.82) is 5.26 Å². The lowest BCUT2D eigenvalue weighted by molar-refractivity contribution is -0.142. The molecule has 0 saturated heterocycles. The summed E-state index contributed by atoms with van der Waals surface area (Å²) in [6, 6.07) is 7.86. The van der Waals surface area contributed by atoms with Crippen LogP contribution in [0.2, 0.25) is 0 Å². The van der Waals surface area contributed by atoms with E-state index < -0.39 is 11.0 Å². The van der Waals surface area contributed by atoms with Crippen molar-refractivity contribution in [3.63, 3.8) is 0 Å². The molecule has 1 fully saturated rings. The summed E-state index contributed by atoms with van der Waals surface area (Å²) in [6.07, 6.45) is 3.04. The average molecular weight is 455 g/mol. The van der Waals surface area contributed by atoms with Crippen LogP contribution in [0.3, 0.4) is 0 Å². The minimum Gasteiger partial charge on any atom is -0.394 e. The van der Waals surface area contributed by atoms with Gasteiger partial charge >= 0.3 is 0 Å². The van der Waals surface area contributed by atoms with Gasteiger partial charge in [-0.2, -0.15) is 5.26 Å². The molecule has 0 radical (unpaired) electrons. The van der Waals surface area contributed by atoms with Gasteiger partial charge in [-0.25, -0.2) is 4.99 Å².